The van der Waals surface area contributed by atoms with Crippen molar-refractivity contribution in [3.05, 3.63) is 88.5 Å². The molecule has 0 aliphatic heterocycles. The lowest BCUT2D eigenvalue weighted by Crippen LogP contribution is -2.36. The van der Waals surface area contributed by atoms with Crippen molar-refractivity contribution in [2.24, 2.45) is 0 Å². The van der Waals surface area contributed by atoms with Gasteiger partial charge in [-0.3, -0.25) is 19.8 Å². The number of rotatable bonds is 6. The molecule has 0 unspecified atom stereocenters. The van der Waals surface area contributed by atoms with Crippen molar-refractivity contribution < 1.29 is 19.1 Å². The van der Waals surface area contributed by atoms with Crippen molar-refractivity contribution in [2.75, 3.05) is 22.7 Å². The zero-order valence-corrected chi connectivity index (χ0v) is 20.0. The van der Waals surface area contributed by atoms with E-state index in [4.69, 9.17) is 27.9 Å². The van der Waals surface area contributed by atoms with Crippen LogP contribution in [0.5, 0.6) is 5.75 Å². The molecule has 178 valence electrons. The van der Waals surface area contributed by atoms with Crippen molar-refractivity contribution in [1.29, 1.82) is 0 Å². The molecule has 1 heterocycles. The van der Waals surface area contributed by atoms with E-state index in [1.54, 1.807) is 72.8 Å². The maximum absolute atomic E-state index is 13.0. The molecule has 3 amide bonds. The van der Waals surface area contributed by atoms with Gasteiger partial charge >= 0.3 is 11.8 Å². The summed E-state index contributed by atoms with van der Waals surface area (Å²) in [6.07, 6.45) is 0. The number of nitrogens with one attached hydrogen (secondary N) is 3. The van der Waals surface area contributed by atoms with E-state index >= 15 is 0 Å². The molecule has 35 heavy (non-hydrogen) atoms. The van der Waals surface area contributed by atoms with E-state index in [0.717, 1.165) is 0 Å². The Balaban J connectivity index is 1.57. The molecule has 4 rings (SSSR count). The van der Waals surface area contributed by atoms with Crippen LogP contribution in [0.1, 0.15) is 17.4 Å². The third-order valence-corrected chi connectivity index (χ3v) is 5.43. The first-order valence-electron chi connectivity index (χ1n) is 10.6. The number of carbonyl (C=O) groups excluding carboxylic acids is 3. The van der Waals surface area contributed by atoms with Gasteiger partial charge in [0, 0.05) is 26.8 Å². The highest BCUT2D eigenvalue weighted by Crippen LogP contribution is 2.24. The normalized spacial score (nSPS) is 10.6. The second-order valence-corrected chi connectivity index (χ2v) is 8.25. The first-order chi connectivity index (χ1) is 16.8. The Kier molecular flexibility index (Phi) is 7.24. The van der Waals surface area contributed by atoms with Gasteiger partial charge in [-0.25, -0.2) is 4.68 Å². The van der Waals surface area contributed by atoms with Crippen molar-refractivity contribution >= 4 is 63.2 Å². The minimum atomic E-state index is -0.966. The third-order valence-electron chi connectivity index (χ3n) is 4.94. The summed E-state index contributed by atoms with van der Waals surface area (Å²) in [6.45, 7) is 2.38. The highest BCUT2D eigenvalue weighted by Gasteiger charge is 2.21. The number of ether oxygens (including phenoxy) is 1. The number of aromatic nitrogens is 1. The number of hydrogen-bond acceptors (Lipinski definition) is 4. The standard InChI is InChI=1S/C25H20Cl2N4O4/c1-2-35-20-10-8-19(9-11-20)29-24(33)25(34)30-31-21-12-5-17(27)13-15(21)14-22(31)23(32)28-18-6-3-16(26)4-7-18/h3-14H,2H2,1H3,(H,28,32)(H,29,33)(H,30,34). The Bertz CT molecular complexity index is 1400. The van der Waals surface area contributed by atoms with E-state index in [0.29, 0.717) is 44.7 Å². The number of carbonyl (C=O) groups is 3. The number of anilines is 2. The molecule has 0 saturated heterocycles. The number of amides is 3. The van der Waals surface area contributed by atoms with E-state index < -0.39 is 17.7 Å². The van der Waals surface area contributed by atoms with Crippen LogP contribution < -0.4 is 20.8 Å². The molecule has 4 aromatic rings. The van der Waals surface area contributed by atoms with E-state index in [9.17, 15) is 14.4 Å². The Morgan fingerprint density at radius 2 is 1.43 bits per heavy atom. The number of fused-ring (bicyclic) bond motifs is 1. The maximum Gasteiger partial charge on any atom is 0.328 e. The Hall–Kier alpha value is -4.01. The average molecular weight is 511 g/mol. The lowest BCUT2D eigenvalue weighted by molar-refractivity contribution is -0.133. The van der Waals surface area contributed by atoms with Gasteiger partial charge in [-0.15, -0.1) is 0 Å². The van der Waals surface area contributed by atoms with Gasteiger partial charge in [0.05, 0.1) is 12.1 Å². The van der Waals surface area contributed by atoms with Gasteiger partial charge in [-0.05, 0) is 79.7 Å². The van der Waals surface area contributed by atoms with E-state index in [1.807, 2.05) is 6.92 Å². The van der Waals surface area contributed by atoms with Gasteiger partial charge in [0.15, 0.2) is 0 Å². The van der Waals surface area contributed by atoms with Crippen LogP contribution in [-0.2, 0) is 9.59 Å². The second kappa shape index (κ2) is 10.5. The molecule has 3 aromatic carbocycles. The topological polar surface area (TPSA) is 101 Å². The predicted octanol–water partition coefficient (Wildman–Crippen LogP) is 5.31. The molecule has 10 heteroatoms. The van der Waals surface area contributed by atoms with Gasteiger partial charge in [0.25, 0.3) is 5.91 Å². The lowest BCUT2D eigenvalue weighted by Gasteiger charge is -2.13. The molecule has 0 saturated carbocycles. The number of hydrogen-bond donors (Lipinski definition) is 3. The third kappa shape index (κ3) is 5.74. The smallest absolute Gasteiger partial charge is 0.328 e. The first-order valence-corrected chi connectivity index (χ1v) is 11.3. The van der Waals surface area contributed by atoms with E-state index in [2.05, 4.69) is 16.1 Å². The summed E-state index contributed by atoms with van der Waals surface area (Å²) in [5.74, 6) is -1.74. The molecule has 0 bridgehead atoms. The lowest BCUT2D eigenvalue weighted by atomic mass is 10.2. The summed E-state index contributed by atoms with van der Waals surface area (Å²) in [5.41, 5.74) is 4.00. The van der Waals surface area contributed by atoms with E-state index in [-0.39, 0.29) is 5.69 Å². The SMILES string of the molecule is CCOc1ccc(NC(=O)C(=O)Nn2c(C(=O)Nc3ccc(Cl)cc3)cc3cc(Cl)ccc32)cc1. The molecule has 0 aliphatic carbocycles. The molecule has 1 aromatic heterocycles. The van der Waals surface area contributed by atoms with Crippen molar-refractivity contribution in [1.82, 2.24) is 4.68 Å². The largest absolute Gasteiger partial charge is 0.494 e. The summed E-state index contributed by atoms with van der Waals surface area (Å²) in [7, 11) is 0. The summed E-state index contributed by atoms with van der Waals surface area (Å²) in [5, 5.41) is 6.85. The van der Waals surface area contributed by atoms with Crippen LogP contribution in [0.15, 0.2) is 72.8 Å². The van der Waals surface area contributed by atoms with Gasteiger partial charge in [0.1, 0.15) is 11.4 Å². The number of benzene rings is 3. The molecular weight excluding hydrogens is 491 g/mol. The summed E-state index contributed by atoms with van der Waals surface area (Å²) < 4.78 is 6.61. The summed E-state index contributed by atoms with van der Waals surface area (Å²) in [6, 6.07) is 19.6. The molecule has 8 nitrogen and oxygen atoms in total. The van der Waals surface area contributed by atoms with Crippen molar-refractivity contribution in [3.8, 4) is 5.75 Å². The highest BCUT2D eigenvalue weighted by molar-refractivity contribution is 6.42. The minimum Gasteiger partial charge on any atom is -0.494 e. The van der Waals surface area contributed by atoms with E-state index in [1.165, 1.54) is 4.68 Å². The fourth-order valence-electron chi connectivity index (χ4n) is 3.34. The number of nitrogens with zero attached hydrogens (tertiary/aromatic N) is 1. The fraction of sp³-hybridized carbons (Fsp3) is 0.0800. The maximum atomic E-state index is 13.0. The first kappa shape index (κ1) is 24.1. The van der Waals surface area contributed by atoms with Crippen LogP contribution >= 0.6 is 23.2 Å². The summed E-state index contributed by atoms with van der Waals surface area (Å²) in [4.78, 5) is 38.3. The average Bonchev–Trinajstić information content (AvgIpc) is 3.19. The molecule has 0 radical (unpaired) electrons. The zero-order chi connectivity index (χ0) is 24.9. The molecule has 3 N–H and O–H groups in total. The van der Waals surface area contributed by atoms with Crippen LogP contribution in [0.3, 0.4) is 0 Å². The van der Waals surface area contributed by atoms with Crippen molar-refractivity contribution in [2.45, 2.75) is 6.92 Å². The van der Waals surface area contributed by atoms with Gasteiger partial charge in [0.2, 0.25) is 0 Å². The zero-order valence-electron chi connectivity index (χ0n) is 18.5. The van der Waals surface area contributed by atoms with Crippen LogP contribution in [-0.4, -0.2) is 29.0 Å². The van der Waals surface area contributed by atoms with Crippen LogP contribution in [0.4, 0.5) is 11.4 Å². The molecular formula is C25H20Cl2N4O4. The van der Waals surface area contributed by atoms with Gasteiger partial charge in [-0.2, -0.15) is 0 Å². The van der Waals surface area contributed by atoms with Crippen LogP contribution in [0.25, 0.3) is 10.9 Å². The highest BCUT2D eigenvalue weighted by atomic mass is 35.5. The van der Waals surface area contributed by atoms with Crippen LogP contribution in [0.2, 0.25) is 10.0 Å². The van der Waals surface area contributed by atoms with Crippen LogP contribution in [0, 0.1) is 0 Å². The van der Waals surface area contributed by atoms with Gasteiger partial charge < -0.3 is 15.4 Å². The van der Waals surface area contributed by atoms with Crippen molar-refractivity contribution in [3.63, 3.8) is 0 Å². The second-order valence-electron chi connectivity index (χ2n) is 7.38. The quantitative estimate of drug-likeness (QED) is 0.306. The minimum absolute atomic E-state index is 0.0967. The molecule has 0 aliphatic rings. The Morgan fingerprint density at radius 1 is 0.800 bits per heavy atom. The number of halogens is 2. The molecule has 0 spiro atoms. The van der Waals surface area contributed by atoms with Gasteiger partial charge in [-0.1, -0.05) is 23.2 Å². The molecule has 0 fully saturated rings. The molecule has 0 atom stereocenters. The fourth-order valence-corrected chi connectivity index (χ4v) is 3.65. The predicted molar refractivity (Wildman–Crippen MR) is 137 cm³/mol. The summed E-state index contributed by atoms with van der Waals surface area (Å²) >= 11 is 12.0. The Morgan fingerprint density at radius 3 is 2.11 bits per heavy atom. The monoisotopic (exact) mass is 510 g/mol. The Labute approximate surface area is 210 Å².